The first-order valence-electron chi connectivity index (χ1n) is 7.49. The van der Waals surface area contributed by atoms with Crippen molar-refractivity contribution in [3.63, 3.8) is 0 Å². The molecule has 0 radical (unpaired) electrons. The van der Waals surface area contributed by atoms with Crippen molar-refractivity contribution in [2.24, 2.45) is 5.92 Å². The average Bonchev–Trinajstić information content (AvgIpc) is 2.24. The maximum atomic E-state index is 3.62. The SMILES string of the molecule is CCCC(CNCC(C)C)N(CCC)C(C)C. The molecular formula is C15H34N2. The van der Waals surface area contributed by atoms with Crippen LogP contribution in [-0.4, -0.2) is 36.6 Å². The highest BCUT2D eigenvalue weighted by Gasteiger charge is 2.19. The van der Waals surface area contributed by atoms with Crippen LogP contribution in [0.25, 0.3) is 0 Å². The Kier molecular flexibility index (Phi) is 9.85. The lowest BCUT2D eigenvalue weighted by atomic mass is 10.1. The summed E-state index contributed by atoms with van der Waals surface area (Å²) < 4.78 is 0. The monoisotopic (exact) mass is 242 g/mol. The Morgan fingerprint density at radius 2 is 1.59 bits per heavy atom. The van der Waals surface area contributed by atoms with Crippen LogP contribution in [0.15, 0.2) is 0 Å². The van der Waals surface area contributed by atoms with Crippen molar-refractivity contribution in [2.75, 3.05) is 19.6 Å². The van der Waals surface area contributed by atoms with Crippen molar-refractivity contribution < 1.29 is 0 Å². The summed E-state index contributed by atoms with van der Waals surface area (Å²) in [5.41, 5.74) is 0. The predicted octanol–water partition coefficient (Wildman–Crippen LogP) is 3.52. The molecule has 0 fully saturated rings. The van der Waals surface area contributed by atoms with E-state index in [4.69, 9.17) is 0 Å². The fourth-order valence-electron chi connectivity index (χ4n) is 2.38. The Morgan fingerprint density at radius 1 is 0.941 bits per heavy atom. The van der Waals surface area contributed by atoms with Crippen LogP contribution >= 0.6 is 0 Å². The molecule has 0 aromatic heterocycles. The molecule has 0 saturated carbocycles. The van der Waals surface area contributed by atoms with Gasteiger partial charge in [0.25, 0.3) is 0 Å². The molecule has 104 valence electrons. The second-order valence-corrected chi connectivity index (χ2v) is 5.83. The summed E-state index contributed by atoms with van der Waals surface area (Å²) >= 11 is 0. The van der Waals surface area contributed by atoms with Crippen molar-refractivity contribution >= 4 is 0 Å². The fourth-order valence-corrected chi connectivity index (χ4v) is 2.38. The molecular weight excluding hydrogens is 208 g/mol. The van der Waals surface area contributed by atoms with Crippen molar-refractivity contribution in [2.45, 2.75) is 72.9 Å². The van der Waals surface area contributed by atoms with Gasteiger partial charge in [0.2, 0.25) is 0 Å². The summed E-state index contributed by atoms with van der Waals surface area (Å²) in [6.07, 6.45) is 3.84. The molecule has 2 nitrogen and oxygen atoms in total. The van der Waals surface area contributed by atoms with Gasteiger partial charge < -0.3 is 5.32 Å². The van der Waals surface area contributed by atoms with E-state index < -0.39 is 0 Å². The third-order valence-corrected chi connectivity index (χ3v) is 3.17. The Morgan fingerprint density at radius 3 is 2.00 bits per heavy atom. The summed E-state index contributed by atoms with van der Waals surface area (Å²) in [6.45, 7) is 17.3. The molecule has 0 spiro atoms. The van der Waals surface area contributed by atoms with Crippen LogP contribution in [0, 0.1) is 5.92 Å². The summed E-state index contributed by atoms with van der Waals surface area (Å²) in [7, 11) is 0. The molecule has 0 bridgehead atoms. The number of nitrogens with zero attached hydrogens (tertiary/aromatic N) is 1. The van der Waals surface area contributed by atoms with E-state index in [1.807, 2.05) is 0 Å². The van der Waals surface area contributed by atoms with Gasteiger partial charge in [0.15, 0.2) is 0 Å². The summed E-state index contributed by atoms with van der Waals surface area (Å²) in [6, 6.07) is 1.37. The lowest BCUT2D eigenvalue weighted by Crippen LogP contribution is -2.46. The quantitative estimate of drug-likeness (QED) is 0.630. The second-order valence-electron chi connectivity index (χ2n) is 5.83. The summed E-state index contributed by atoms with van der Waals surface area (Å²) in [4.78, 5) is 2.66. The Balaban J connectivity index is 4.24. The second kappa shape index (κ2) is 9.90. The van der Waals surface area contributed by atoms with Crippen molar-refractivity contribution in [3.8, 4) is 0 Å². The van der Waals surface area contributed by atoms with Gasteiger partial charge in [-0.25, -0.2) is 0 Å². The maximum absolute atomic E-state index is 3.62. The van der Waals surface area contributed by atoms with Crippen LogP contribution in [0.2, 0.25) is 0 Å². The highest BCUT2D eigenvalue weighted by atomic mass is 15.2. The van der Waals surface area contributed by atoms with Gasteiger partial charge in [0.05, 0.1) is 0 Å². The van der Waals surface area contributed by atoms with Gasteiger partial charge >= 0.3 is 0 Å². The molecule has 0 rings (SSSR count). The molecule has 0 aliphatic rings. The van der Waals surface area contributed by atoms with E-state index in [1.165, 1.54) is 25.8 Å². The molecule has 0 heterocycles. The van der Waals surface area contributed by atoms with Crippen LogP contribution in [0.3, 0.4) is 0 Å². The minimum absolute atomic E-state index is 0.660. The molecule has 0 saturated heterocycles. The Labute approximate surface area is 109 Å². The first-order valence-corrected chi connectivity index (χ1v) is 7.49. The Hall–Kier alpha value is -0.0800. The first-order chi connectivity index (χ1) is 8.02. The third-order valence-electron chi connectivity index (χ3n) is 3.17. The zero-order chi connectivity index (χ0) is 13.3. The topological polar surface area (TPSA) is 15.3 Å². The minimum Gasteiger partial charge on any atom is -0.315 e. The van der Waals surface area contributed by atoms with Gasteiger partial charge in [-0.3, -0.25) is 4.90 Å². The van der Waals surface area contributed by atoms with Gasteiger partial charge in [-0.2, -0.15) is 0 Å². The molecule has 2 heteroatoms. The zero-order valence-electron chi connectivity index (χ0n) is 12.9. The number of hydrogen-bond donors (Lipinski definition) is 1. The van der Waals surface area contributed by atoms with Crippen molar-refractivity contribution in [1.29, 1.82) is 0 Å². The highest BCUT2D eigenvalue weighted by Crippen LogP contribution is 2.11. The van der Waals surface area contributed by atoms with Gasteiger partial charge in [-0.05, 0) is 45.7 Å². The molecule has 0 aromatic carbocycles. The van der Waals surface area contributed by atoms with E-state index in [2.05, 4.69) is 51.8 Å². The van der Waals surface area contributed by atoms with E-state index >= 15 is 0 Å². The van der Waals surface area contributed by atoms with Crippen molar-refractivity contribution in [3.05, 3.63) is 0 Å². The summed E-state index contributed by atoms with van der Waals surface area (Å²) in [5, 5.41) is 3.62. The van der Waals surface area contributed by atoms with Gasteiger partial charge in [0.1, 0.15) is 0 Å². The van der Waals surface area contributed by atoms with Crippen LogP contribution < -0.4 is 5.32 Å². The van der Waals surface area contributed by atoms with Crippen molar-refractivity contribution in [1.82, 2.24) is 10.2 Å². The molecule has 1 unspecified atom stereocenters. The van der Waals surface area contributed by atoms with Crippen LogP contribution in [-0.2, 0) is 0 Å². The zero-order valence-corrected chi connectivity index (χ0v) is 12.9. The molecule has 1 atom stereocenters. The fraction of sp³-hybridized carbons (Fsp3) is 1.00. The lowest BCUT2D eigenvalue weighted by Gasteiger charge is -2.35. The maximum Gasteiger partial charge on any atom is 0.0223 e. The first kappa shape index (κ1) is 16.9. The van der Waals surface area contributed by atoms with Crippen LogP contribution in [0.4, 0.5) is 0 Å². The van der Waals surface area contributed by atoms with E-state index in [-0.39, 0.29) is 0 Å². The Bertz CT molecular complexity index is 166. The molecule has 0 amide bonds. The molecule has 0 aliphatic heterocycles. The molecule has 1 N–H and O–H groups in total. The smallest absolute Gasteiger partial charge is 0.0223 e. The van der Waals surface area contributed by atoms with E-state index in [0.29, 0.717) is 12.1 Å². The van der Waals surface area contributed by atoms with Gasteiger partial charge in [-0.15, -0.1) is 0 Å². The average molecular weight is 242 g/mol. The molecule has 17 heavy (non-hydrogen) atoms. The van der Waals surface area contributed by atoms with E-state index in [9.17, 15) is 0 Å². The summed E-state index contributed by atoms with van der Waals surface area (Å²) in [5.74, 6) is 0.746. The van der Waals surface area contributed by atoms with Gasteiger partial charge in [0, 0.05) is 18.6 Å². The van der Waals surface area contributed by atoms with Crippen LogP contribution in [0.1, 0.15) is 60.8 Å². The van der Waals surface area contributed by atoms with E-state index in [1.54, 1.807) is 0 Å². The normalized spacial score (nSPS) is 13.9. The predicted molar refractivity (Wildman–Crippen MR) is 78.5 cm³/mol. The highest BCUT2D eigenvalue weighted by molar-refractivity contribution is 4.76. The minimum atomic E-state index is 0.660. The van der Waals surface area contributed by atoms with Gasteiger partial charge in [-0.1, -0.05) is 34.1 Å². The number of nitrogens with one attached hydrogen (secondary N) is 1. The number of rotatable bonds is 10. The third kappa shape index (κ3) is 7.77. The largest absolute Gasteiger partial charge is 0.315 e. The lowest BCUT2D eigenvalue weighted by molar-refractivity contribution is 0.141. The standard InChI is InChI=1S/C15H34N2/c1-7-9-15(12-16-11-13(3)4)17(10-8-2)14(5)6/h13-16H,7-12H2,1-6H3. The van der Waals surface area contributed by atoms with E-state index in [0.717, 1.165) is 19.0 Å². The van der Waals surface area contributed by atoms with Crippen LogP contribution in [0.5, 0.6) is 0 Å². The molecule has 0 aliphatic carbocycles. The number of hydrogen-bond acceptors (Lipinski definition) is 2. The molecule has 0 aromatic rings.